The van der Waals surface area contributed by atoms with E-state index in [2.05, 4.69) is 4.98 Å². The summed E-state index contributed by atoms with van der Waals surface area (Å²) in [5.41, 5.74) is 0.0987. The molecule has 3 nitrogen and oxygen atoms in total. The summed E-state index contributed by atoms with van der Waals surface area (Å²) in [5.74, 6) is 0. The highest BCUT2D eigenvalue weighted by Gasteiger charge is 2.33. The van der Waals surface area contributed by atoms with Gasteiger partial charge in [0.15, 0.2) is 0 Å². The lowest BCUT2D eigenvalue weighted by Crippen LogP contribution is -2.14. The number of benzene rings is 2. The monoisotopic (exact) mass is 292 g/mol. The SMILES string of the molecule is Cc1ccc(-n2c(=O)[nH]c3c(C(F)(F)F)cccc32)cc1. The van der Waals surface area contributed by atoms with Gasteiger partial charge in [0.2, 0.25) is 0 Å². The van der Waals surface area contributed by atoms with Crippen molar-refractivity contribution in [1.82, 2.24) is 9.55 Å². The van der Waals surface area contributed by atoms with Gasteiger partial charge in [0.1, 0.15) is 0 Å². The molecule has 1 N–H and O–H groups in total. The Morgan fingerprint density at radius 2 is 1.71 bits per heavy atom. The smallest absolute Gasteiger partial charge is 0.305 e. The van der Waals surface area contributed by atoms with E-state index < -0.39 is 17.4 Å². The summed E-state index contributed by atoms with van der Waals surface area (Å²) in [6, 6.07) is 10.7. The van der Waals surface area contributed by atoms with Gasteiger partial charge in [0.25, 0.3) is 0 Å². The van der Waals surface area contributed by atoms with E-state index in [4.69, 9.17) is 0 Å². The predicted molar refractivity (Wildman–Crippen MR) is 73.6 cm³/mol. The Morgan fingerprint density at radius 1 is 1.05 bits per heavy atom. The number of fused-ring (bicyclic) bond motifs is 1. The molecular weight excluding hydrogens is 281 g/mol. The average Bonchev–Trinajstić information content (AvgIpc) is 2.74. The van der Waals surface area contributed by atoms with E-state index in [1.54, 1.807) is 24.3 Å². The van der Waals surface area contributed by atoms with E-state index >= 15 is 0 Å². The Hall–Kier alpha value is -2.50. The number of imidazole rings is 1. The topological polar surface area (TPSA) is 37.8 Å². The summed E-state index contributed by atoms with van der Waals surface area (Å²) in [5, 5.41) is 0. The van der Waals surface area contributed by atoms with Gasteiger partial charge < -0.3 is 4.98 Å². The maximum atomic E-state index is 13.0. The van der Waals surface area contributed by atoms with Gasteiger partial charge in [-0.1, -0.05) is 23.8 Å². The van der Waals surface area contributed by atoms with Gasteiger partial charge in [-0.25, -0.2) is 4.79 Å². The second kappa shape index (κ2) is 4.51. The molecule has 0 aliphatic heterocycles. The Bertz CT molecular complexity index is 857. The van der Waals surface area contributed by atoms with Crippen molar-refractivity contribution >= 4 is 11.0 Å². The fourth-order valence-corrected chi connectivity index (χ4v) is 2.32. The van der Waals surface area contributed by atoms with Crippen molar-refractivity contribution in [1.29, 1.82) is 0 Å². The molecule has 0 spiro atoms. The Kier molecular flexibility index (Phi) is 2.90. The normalized spacial score (nSPS) is 12.0. The molecule has 2 aromatic carbocycles. The Morgan fingerprint density at radius 3 is 2.33 bits per heavy atom. The fraction of sp³-hybridized carbons (Fsp3) is 0.133. The molecule has 0 unspecified atom stereocenters. The van der Waals surface area contributed by atoms with Crippen molar-refractivity contribution in [3.8, 4) is 5.69 Å². The molecule has 1 heterocycles. The number of aromatic amines is 1. The minimum atomic E-state index is -4.51. The lowest BCUT2D eigenvalue weighted by molar-refractivity contribution is -0.136. The van der Waals surface area contributed by atoms with Crippen LogP contribution in [0.2, 0.25) is 0 Å². The number of nitrogens with zero attached hydrogens (tertiary/aromatic N) is 1. The highest BCUT2D eigenvalue weighted by molar-refractivity contribution is 5.81. The van der Waals surface area contributed by atoms with Crippen molar-refractivity contribution < 1.29 is 13.2 Å². The molecule has 0 radical (unpaired) electrons. The van der Waals surface area contributed by atoms with Crippen LogP contribution in [0.5, 0.6) is 0 Å². The van der Waals surface area contributed by atoms with Crippen LogP contribution in [0.1, 0.15) is 11.1 Å². The van der Waals surface area contributed by atoms with Crippen LogP contribution in [-0.2, 0) is 6.18 Å². The molecule has 3 aromatic rings. The quantitative estimate of drug-likeness (QED) is 0.730. The number of para-hydroxylation sites is 1. The minimum Gasteiger partial charge on any atom is -0.305 e. The molecule has 6 heteroatoms. The molecule has 0 aliphatic rings. The van der Waals surface area contributed by atoms with Gasteiger partial charge in [-0.15, -0.1) is 0 Å². The molecule has 0 saturated carbocycles. The predicted octanol–water partition coefficient (Wildman–Crippen LogP) is 3.65. The van der Waals surface area contributed by atoms with Crippen LogP contribution in [0.4, 0.5) is 13.2 Å². The average molecular weight is 292 g/mol. The van der Waals surface area contributed by atoms with Gasteiger partial charge in [-0.2, -0.15) is 13.2 Å². The van der Waals surface area contributed by atoms with Crippen LogP contribution in [-0.4, -0.2) is 9.55 Å². The first-order valence-corrected chi connectivity index (χ1v) is 6.26. The Labute approximate surface area is 117 Å². The first kappa shape index (κ1) is 13.5. The van der Waals surface area contributed by atoms with Gasteiger partial charge in [-0.3, -0.25) is 4.57 Å². The summed E-state index contributed by atoms with van der Waals surface area (Å²) in [7, 11) is 0. The number of alkyl halides is 3. The first-order chi connectivity index (χ1) is 9.88. The fourth-order valence-electron chi connectivity index (χ4n) is 2.32. The van der Waals surface area contributed by atoms with E-state index in [9.17, 15) is 18.0 Å². The van der Waals surface area contributed by atoms with Crippen LogP contribution in [0.25, 0.3) is 16.7 Å². The van der Waals surface area contributed by atoms with Gasteiger partial charge >= 0.3 is 11.9 Å². The number of rotatable bonds is 1. The van der Waals surface area contributed by atoms with Crippen LogP contribution in [0, 0.1) is 6.92 Å². The zero-order valence-electron chi connectivity index (χ0n) is 11.0. The molecule has 3 rings (SSSR count). The van der Waals surface area contributed by atoms with Crippen molar-refractivity contribution in [2.24, 2.45) is 0 Å². The van der Waals surface area contributed by atoms with E-state index in [1.165, 1.54) is 16.7 Å². The zero-order valence-corrected chi connectivity index (χ0v) is 11.0. The van der Waals surface area contributed by atoms with E-state index in [1.807, 2.05) is 6.92 Å². The molecule has 21 heavy (non-hydrogen) atoms. The van der Waals surface area contributed by atoms with Crippen LogP contribution >= 0.6 is 0 Å². The third-order valence-corrected chi connectivity index (χ3v) is 3.32. The summed E-state index contributed by atoms with van der Waals surface area (Å²) >= 11 is 0. The van der Waals surface area contributed by atoms with Crippen LogP contribution < -0.4 is 5.69 Å². The Balaban J connectivity index is 2.33. The summed E-state index contributed by atoms with van der Waals surface area (Å²) in [6.45, 7) is 1.89. The summed E-state index contributed by atoms with van der Waals surface area (Å²) in [6.07, 6.45) is -4.51. The van der Waals surface area contributed by atoms with Crippen LogP contribution in [0.3, 0.4) is 0 Å². The van der Waals surface area contributed by atoms with Gasteiger partial charge in [0.05, 0.1) is 22.3 Å². The standard InChI is InChI=1S/C15H11F3N2O/c1-9-5-7-10(8-6-9)20-12-4-2-3-11(15(16,17)18)13(12)19-14(20)21/h2-8H,1H3,(H,19,21). The van der Waals surface area contributed by atoms with E-state index in [0.29, 0.717) is 5.69 Å². The number of aryl methyl sites for hydroxylation is 1. The molecule has 1 aromatic heterocycles. The highest BCUT2D eigenvalue weighted by atomic mass is 19.4. The van der Waals surface area contributed by atoms with Crippen molar-refractivity contribution in [2.45, 2.75) is 13.1 Å². The number of hydrogen-bond acceptors (Lipinski definition) is 1. The first-order valence-electron chi connectivity index (χ1n) is 6.26. The molecule has 0 fully saturated rings. The second-order valence-corrected chi connectivity index (χ2v) is 4.80. The van der Waals surface area contributed by atoms with Gasteiger partial charge in [0, 0.05) is 0 Å². The third-order valence-electron chi connectivity index (χ3n) is 3.32. The van der Waals surface area contributed by atoms with Crippen LogP contribution in [0.15, 0.2) is 47.3 Å². The highest BCUT2D eigenvalue weighted by Crippen LogP contribution is 2.33. The summed E-state index contributed by atoms with van der Waals surface area (Å²) < 4.78 is 40.2. The van der Waals surface area contributed by atoms with Crippen molar-refractivity contribution in [3.63, 3.8) is 0 Å². The molecular formula is C15H11F3N2O. The van der Waals surface area contributed by atoms with E-state index in [-0.39, 0.29) is 11.0 Å². The van der Waals surface area contributed by atoms with E-state index in [0.717, 1.165) is 11.6 Å². The molecule has 0 aliphatic carbocycles. The molecule has 108 valence electrons. The molecule has 0 saturated heterocycles. The maximum Gasteiger partial charge on any atom is 0.418 e. The van der Waals surface area contributed by atoms with Crippen molar-refractivity contribution in [2.75, 3.05) is 0 Å². The third kappa shape index (κ3) is 2.22. The minimum absolute atomic E-state index is 0.199. The second-order valence-electron chi connectivity index (χ2n) is 4.80. The lowest BCUT2D eigenvalue weighted by Gasteiger charge is -2.08. The number of hydrogen-bond donors (Lipinski definition) is 1. The van der Waals surface area contributed by atoms with Gasteiger partial charge in [-0.05, 0) is 31.2 Å². The number of H-pyrrole nitrogens is 1. The largest absolute Gasteiger partial charge is 0.418 e. The summed E-state index contributed by atoms with van der Waals surface area (Å²) in [4.78, 5) is 14.3. The lowest BCUT2D eigenvalue weighted by atomic mass is 10.1. The zero-order chi connectivity index (χ0) is 15.2. The molecule has 0 bridgehead atoms. The number of halogens is 3. The maximum absolute atomic E-state index is 13.0. The number of aromatic nitrogens is 2. The van der Waals surface area contributed by atoms with Crippen molar-refractivity contribution in [3.05, 3.63) is 64.1 Å². The molecule has 0 atom stereocenters. The molecule has 0 amide bonds. The number of nitrogens with one attached hydrogen (secondary N) is 1.